The summed E-state index contributed by atoms with van der Waals surface area (Å²) in [6, 6.07) is 4.22. The first-order valence-electron chi connectivity index (χ1n) is 5.32. The molecule has 0 bridgehead atoms. The lowest BCUT2D eigenvalue weighted by Gasteiger charge is -1.96. The van der Waals surface area contributed by atoms with Gasteiger partial charge in [-0.1, -0.05) is 6.07 Å². The summed E-state index contributed by atoms with van der Waals surface area (Å²) in [7, 11) is 0. The number of benzene rings is 1. The summed E-state index contributed by atoms with van der Waals surface area (Å²) in [5.41, 5.74) is 10.9. The van der Waals surface area contributed by atoms with Gasteiger partial charge in [-0.25, -0.2) is 9.97 Å². The van der Waals surface area contributed by atoms with E-state index >= 15 is 0 Å². The molecule has 0 atom stereocenters. The lowest BCUT2D eigenvalue weighted by molar-refractivity contribution is 1.27. The Morgan fingerprint density at radius 1 is 1.24 bits per heavy atom. The summed E-state index contributed by atoms with van der Waals surface area (Å²) in [4.78, 5) is 12.1. The lowest BCUT2D eigenvalue weighted by Crippen LogP contribution is -1.84. The summed E-state index contributed by atoms with van der Waals surface area (Å²) < 4.78 is 0. The van der Waals surface area contributed by atoms with E-state index < -0.39 is 0 Å². The van der Waals surface area contributed by atoms with Gasteiger partial charge in [0.2, 0.25) is 0 Å². The fourth-order valence-electron chi connectivity index (χ4n) is 1.99. The Balaban J connectivity index is 2.23. The van der Waals surface area contributed by atoms with Gasteiger partial charge in [-0.2, -0.15) is 0 Å². The molecule has 5 heteroatoms. The third-order valence-corrected chi connectivity index (χ3v) is 3.36. The molecule has 0 saturated carbocycles. The van der Waals surface area contributed by atoms with Crippen LogP contribution in [-0.2, 0) is 0 Å². The molecule has 17 heavy (non-hydrogen) atoms. The van der Waals surface area contributed by atoms with Crippen molar-refractivity contribution in [2.45, 2.75) is 13.8 Å². The van der Waals surface area contributed by atoms with Gasteiger partial charge in [-0.15, -0.1) is 11.3 Å². The monoisotopic (exact) mass is 244 g/mol. The molecule has 1 aromatic carbocycles. The summed E-state index contributed by atoms with van der Waals surface area (Å²) in [6.45, 7) is 4.14. The average Bonchev–Trinajstić information content (AvgIpc) is 2.83. The van der Waals surface area contributed by atoms with Crippen molar-refractivity contribution in [3.05, 3.63) is 28.6 Å². The Hall–Kier alpha value is -1.88. The van der Waals surface area contributed by atoms with E-state index in [4.69, 9.17) is 5.73 Å². The number of hydrogen-bond donors (Lipinski definition) is 2. The highest BCUT2D eigenvalue weighted by molar-refractivity contribution is 7.13. The summed E-state index contributed by atoms with van der Waals surface area (Å²) in [5.74, 6) is 0.779. The van der Waals surface area contributed by atoms with Crippen molar-refractivity contribution in [1.82, 2.24) is 15.0 Å². The maximum absolute atomic E-state index is 5.63. The fourth-order valence-corrected chi connectivity index (χ4v) is 2.54. The standard InChI is InChI=1S/C12H12N4S/c1-6-3-7(2)10-8(4-6)14-11(16-10)9-5-17-12(13)15-9/h3-5H,1-2H3,(H2,13,15)(H,14,16). The predicted octanol–water partition coefficient (Wildman–Crippen LogP) is 2.89. The van der Waals surface area contributed by atoms with Gasteiger partial charge in [0, 0.05) is 5.38 Å². The number of hydrogen-bond acceptors (Lipinski definition) is 4. The molecule has 3 aromatic rings. The molecule has 3 N–H and O–H groups in total. The molecule has 0 aliphatic heterocycles. The van der Waals surface area contributed by atoms with E-state index in [9.17, 15) is 0 Å². The van der Waals surface area contributed by atoms with Gasteiger partial charge >= 0.3 is 0 Å². The molecule has 3 rings (SSSR count). The number of nitrogens with one attached hydrogen (secondary N) is 1. The number of aromatic amines is 1. The number of aryl methyl sites for hydroxylation is 2. The number of H-pyrrole nitrogens is 1. The average molecular weight is 244 g/mol. The fraction of sp³-hybridized carbons (Fsp3) is 0.167. The molecule has 0 spiro atoms. The third kappa shape index (κ3) is 1.68. The van der Waals surface area contributed by atoms with E-state index in [1.54, 1.807) is 0 Å². The molecule has 86 valence electrons. The van der Waals surface area contributed by atoms with Gasteiger partial charge in [0.25, 0.3) is 0 Å². The second-order valence-corrected chi connectivity index (χ2v) is 5.02. The first-order chi connectivity index (χ1) is 8.13. The largest absolute Gasteiger partial charge is 0.375 e. The van der Waals surface area contributed by atoms with Crippen molar-refractivity contribution < 1.29 is 0 Å². The maximum atomic E-state index is 5.63. The topological polar surface area (TPSA) is 67.6 Å². The van der Waals surface area contributed by atoms with E-state index in [1.165, 1.54) is 22.5 Å². The van der Waals surface area contributed by atoms with Crippen molar-refractivity contribution in [1.29, 1.82) is 0 Å². The smallest absolute Gasteiger partial charge is 0.180 e. The van der Waals surface area contributed by atoms with Crippen LogP contribution in [0.25, 0.3) is 22.6 Å². The second-order valence-electron chi connectivity index (χ2n) is 4.13. The van der Waals surface area contributed by atoms with Crippen molar-refractivity contribution in [3.63, 3.8) is 0 Å². The number of fused-ring (bicyclic) bond motifs is 1. The Bertz CT molecular complexity index is 696. The van der Waals surface area contributed by atoms with Gasteiger partial charge < -0.3 is 10.7 Å². The molecule has 2 aromatic heterocycles. The Kier molecular flexibility index (Phi) is 2.16. The van der Waals surface area contributed by atoms with Crippen LogP contribution in [-0.4, -0.2) is 15.0 Å². The van der Waals surface area contributed by atoms with Gasteiger partial charge in [0.15, 0.2) is 11.0 Å². The Morgan fingerprint density at radius 2 is 2.06 bits per heavy atom. The lowest BCUT2D eigenvalue weighted by atomic mass is 10.1. The quantitative estimate of drug-likeness (QED) is 0.691. The van der Waals surface area contributed by atoms with Crippen LogP contribution in [0.15, 0.2) is 17.5 Å². The maximum Gasteiger partial charge on any atom is 0.180 e. The number of nitrogens with two attached hydrogens (primary N) is 1. The molecule has 0 unspecified atom stereocenters. The number of nitrogen functional groups attached to an aromatic ring is 1. The third-order valence-electron chi connectivity index (χ3n) is 2.69. The number of nitrogens with zero attached hydrogens (tertiary/aromatic N) is 2. The minimum absolute atomic E-state index is 0.563. The molecular weight excluding hydrogens is 232 g/mol. The van der Waals surface area contributed by atoms with E-state index in [0.29, 0.717) is 5.13 Å². The van der Waals surface area contributed by atoms with Gasteiger partial charge in [-0.3, -0.25) is 0 Å². The zero-order valence-electron chi connectivity index (χ0n) is 9.61. The predicted molar refractivity (Wildman–Crippen MR) is 71.1 cm³/mol. The van der Waals surface area contributed by atoms with Crippen LogP contribution in [0.4, 0.5) is 5.13 Å². The summed E-state index contributed by atoms with van der Waals surface area (Å²) in [5, 5.41) is 2.48. The highest BCUT2D eigenvalue weighted by atomic mass is 32.1. The minimum Gasteiger partial charge on any atom is -0.375 e. The van der Waals surface area contributed by atoms with Crippen LogP contribution >= 0.6 is 11.3 Å². The van der Waals surface area contributed by atoms with Crippen LogP contribution in [0.5, 0.6) is 0 Å². The highest BCUT2D eigenvalue weighted by Crippen LogP contribution is 2.25. The van der Waals surface area contributed by atoms with E-state index in [1.807, 2.05) is 5.38 Å². The van der Waals surface area contributed by atoms with Crippen LogP contribution < -0.4 is 5.73 Å². The zero-order chi connectivity index (χ0) is 12.0. The highest BCUT2D eigenvalue weighted by Gasteiger charge is 2.10. The summed E-state index contributed by atoms with van der Waals surface area (Å²) in [6.07, 6.45) is 0. The van der Waals surface area contributed by atoms with Crippen molar-refractivity contribution in [2.75, 3.05) is 5.73 Å². The van der Waals surface area contributed by atoms with Crippen LogP contribution in [0, 0.1) is 13.8 Å². The SMILES string of the molecule is Cc1cc(C)c2nc(-c3csc(N)n3)[nH]c2c1. The number of anilines is 1. The van der Waals surface area contributed by atoms with Crippen molar-refractivity contribution >= 4 is 27.5 Å². The molecule has 2 heterocycles. The van der Waals surface area contributed by atoms with Gasteiger partial charge in [0.1, 0.15) is 5.69 Å². The number of thiazole rings is 1. The van der Waals surface area contributed by atoms with Crippen molar-refractivity contribution in [2.24, 2.45) is 0 Å². The molecule has 0 amide bonds. The van der Waals surface area contributed by atoms with Crippen LogP contribution in [0.1, 0.15) is 11.1 Å². The summed E-state index contributed by atoms with van der Waals surface area (Å²) >= 11 is 1.42. The van der Waals surface area contributed by atoms with Crippen molar-refractivity contribution in [3.8, 4) is 11.5 Å². The second kappa shape index (κ2) is 3.56. The molecule has 0 fully saturated rings. The van der Waals surface area contributed by atoms with Gasteiger partial charge in [-0.05, 0) is 31.0 Å². The minimum atomic E-state index is 0.563. The Morgan fingerprint density at radius 3 is 2.76 bits per heavy atom. The molecular formula is C12H12N4S. The van der Waals surface area contributed by atoms with E-state index in [0.717, 1.165) is 22.6 Å². The van der Waals surface area contributed by atoms with Crippen LogP contribution in [0.3, 0.4) is 0 Å². The van der Waals surface area contributed by atoms with E-state index in [-0.39, 0.29) is 0 Å². The molecule has 0 aliphatic carbocycles. The first-order valence-corrected chi connectivity index (χ1v) is 6.20. The zero-order valence-corrected chi connectivity index (χ0v) is 10.4. The van der Waals surface area contributed by atoms with Gasteiger partial charge in [0.05, 0.1) is 11.0 Å². The van der Waals surface area contributed by atoms with E-state index in [2.05, 4.69) is 40.9 Å². The molecule has 4 nitrogen and oxygen atoms in total. The Labute approximate surface area is 103 Å². The normalized spacial score (nSPS) is 11.2. The molecule has 0 aliphatic rings. The number of imidazole rings is 1. The number of rotatable bonds is 1. The molecule has 0 radical (unpaired) electrons. The number of aromatic nitrogens is 3. The first kappa shape index (κ1) is 10.3. The molecule has 0 saturated heterocycles. The van der Waals surface area contributed by atoms with Crippen LogP contribution in [0.2, 0.25) is 0 Å².